The van der Waals surface area contributed by atoms with Gasteiger partial charge >= 0.3 is 6.09 Å². The highest BCUT2D eigenvalue weighted by Crippen LogP contribution is 2.13. The zero-order chi connectivity index (χ0) is 12.2. The Kier molecular flexibility index (Phi) is 4.27. The highest BCUT2D eigenvalue weighted by Gasteiger charge is 2.14. The minimum absolute atomic E-state index is 0.0344. The van der Waals surface area contributed by atoms with Crippen molar-refractivity contribution < 1.29 is 17.9 Å². The Labute approximate surface area is 101 Å². The summed E-state index contributed by atoms with van der Waals surface area (Å²) in [6.45, 7) is 0. The van der Waals surface area contributed by atoms with Gasteiger partial charge in [0.1, 0.15) is 0 Å². The number of amides is 1. The third kappa shape index (κ3) is 3.47. The fourth-order valence-corrected chi connectivity index (χ4v) is 1.93. The van der Waals surface area contributed by atoms with Gasteiger partial charge in [0, 0.05) is 4.47 Å². The average molecular weight is 309 g/mol. The maximum Gasteiger partial charge on any atom is 0.422 e. The van der Waals surface area contributed by atoms with E-state index in [4.69, 9.17) is 0 Å². The van der Waals surface area contributed by atoms with E-state index < -0.39 is 16.1 Å². The maximum absolute atomic E-state index is 11.6. The Bertz CT molecular complexity index is 471. The van der Waals surface area contributed by atoms with Crippen molar-refractivity contribution in [3.05, 3.63) is 28.7 Å². The monoisotopic (exact) mass is 308 g/mol. The molecule has 8 heteroatoms. The highest BCUT2D eigenvalue weighted by molar-refractivity contribution is 9.10. The molecule has 0 spiro atoms. The van der Waals surface area contributed by atoms with Crippen molar-refractivity contribution in [3.8, 4) is 0 Å². The molecule has 0 aliphatic heterocycles. The van der Waals surface area contributed by atoms with Gasteiger partial charge in [-0.05, 0) is 24.3 Å². The summed E-state index contributed by atoms with van der Waals surface area (Å²) in [7, 11) is -2.64. The van der Waals surface area contributed by atoms with Crippen molar-refractivity contribution in [1.82, 2.24) is 10.3 Å². The van der Waals surface area contributed by atoms with Crippen LogP contribution in [-0.2, 0) is 14.8 Å². The largest absolute Gasteiger partial charge is 0.452 e. The molecule has 16 heavy (non-hydrogen) atoms. The van der Waals surface area contributed by atoms with Gasteiger partial charge in [0.15, 0.2) is 0 Å². The van der Waals surface area contributed by atoms with E-state index in [1.807, 2.05) is 10.3 Å². The molecule has 0 bridgehead atoms. The lowest BCUT2D eigenvalue weighted by atomic mass is 10.4. The molecular formula is C8H9BrN2O4S. The molecule has 6 nitrogen and oxygen atoms in total. The molecule has 0 aromatic heterocycles. The van der Waals surface area contributed by atoms with Gasteiger partial charge in [0.2, 0.25) is 0 Å². The van der Waals surface area contributed by atoms with E-state index in [1.165, 1.54) is 12.1 Å². The summed E-state index contributed by atoms with van der Waals surface area (Å²) in [6, 6.07) is 5.94. The summed E-state index contributed by atoms with van der Waals surface area (Å²) < 4.78 is 28.1. The van der Waals surface area contributed by atoms with Crippen LogP contribution in [0.4, 0.5) is 4.79 Å². The zero-order valence-corrected chi connectivity index (χ0v) is 10.6. The van der Waals surface area contributed by atoms with Crippen molar-refractivity contribution >= 4 is 32.0 Å². The summed E-state index contributed by atoms with van der Waals surface area (Å²) in [5.74, 6) is 0. The van der Waals surface area contributed by atoms with Crippen LogP contribution in [-0.4, -0.2) is 21.6 Å². The third-order valence-electron chi connectivity index (χ3n) is 1.60. The van der Waals surface area contributed by atoms with Crippen LogP contribution >= 0.6 is 15.9 Å². The SMILES string of the molecule is COC(=O)NNS(=O)(=O)c1ccc(Br)cc1. The lowest BCUT2D eigenvalue weighted by Crippen LogP contribution is -2.41. The Morgan fingerprint density at radius 1 is 1.31 bits per heavy atom. The fourth-order valence-electron chi connectivity index (χ4n) is 0.833. The summed E-state index contributed by atoms with van der Waals surface area (Å²) in [5.41, 5.74) is 1.87. The number of halogens is 1. The zero-order valence-electron chi connectivity index (χ0n) is 8.23. The number of hydrogen-bond donors (Lipinski definition) is 2. The first kappa shape index (κ1) is 12.9. The second kappa shape index (κ2) is 5.28. The smallest absolute Gasteiger partial charge is 0.422 e. The molecule has 0 heterocycles. The van der Waals surface area contributed by atoms with Crippen LogP contribution in [0, 0.1) is 0 Å². The molecule has 1 amide bonds. The molecule has 1 aromatic carbocycles. The van der Waals surface area contributed by atoms with E-state index in [-0.39, 0.29) is 4.90 Å². The quantitative estimate of drug-likeness (QED) is 0.816. The molecule has 1 rings (SSSR count). The van der Waals surface area contributed by atoms with E-state index >= 15 is 0 Å². The number of nitrogens with one attached hydrogen (secondary N) is 2. The minimum Gasteiger partial charge on any atom is -0.452 e. The second-order valence-corrected chi connectivity index (χ2v) is 5.27. The number of carbonyl (C=O) groups is 1. The van der Waals surface area contributed by atoms with Crippen LogP contribution in [0.3, 0.4) is 0 Å². The lowest BCUT2D eigenvalue weighted by Gasteiger charge is -2.07. The van der Waals surface area contributed by atoms with Gasteiger partial charge in [-0.15, -0.1) is 4.83 Å². The van der Waals surface area contributed by atoms with Crippen LogP contribution in [0.25, 0.3) is 0 Å². The number of rotatable bonds is 3. The fraction of sp³-hybridized carbons (Fsp3) is 0.125. The van der Waals surface area contributed by atoms with Crippen molar-refractivity contribution in [3.63, 3.8) is 0 Å². The second-order valence-electron chi connectivity index (χ2n) is 2.68. The molecule has 0 radical (unpaired) electrons. The Hall–Kier alpha value is -1.12. The van der Waals surface area contributed by atoms with Gasteiger partial charge in [0.25, 0.3) is 10.0 Å². The molecular weight excluding hydrogens is 300 g/mol. The van der Waals surface area contributed by atoms with Crippen LogP contribution in [0.2, 0.25) is 0 Å². The normalized spacial score (nSPS) is 10.9. The van der Waals surface area contributed by atoms with Crippen molar-refractivity contribution in [2.45, 2.75) is 4.90 Å². The number of hydrazine groups is 1. The van der Waals surface area contributed by atoms with Crippen LogP contribution in [0.15, 0.2) is 33.6 Å². The highest BCUT2D eigenvalue weighted by atomic mass is 79.9. The van der Waals surface area contributed by atoms with Gasteiger partial charge in [-0.3, -0.25) is 0 Å². The number of hydrogen-bond acceptors (Lipinski definition) is 4. The summed E-state index contributed by atoms with van der Waals surface area (Å²) in [4.78, 5) is 12.6. The summed E-state index contributed by atoms with van der Waals surface area (Å²) in [5, 5.41) is 0. The van der Waals surface area contributed by atoms with E-state index in [0.717, 1.165) is 11.6 Å². The van der Waals surface area contributed by atoms with Crippen molar-refractivity contribution in [2.75, 3.05) is 7.11 Å². The van der Waals surface area contributed by atoms with Crippen LogP contribution < -0.4 is 10.3 Å². The molecule has 0 unspecified atom stereocenters. The molecule has 2 N–H and O–H groups in total. The number of methoxy groups -OCH3 is 1. The predicted octanol–water partition coefficient (Wildman–Crippen LogP) is 0.998. The Morgan fingerprint density at radius 3 is 2.38 bits per heavy atom. The molecule has 0 saturated carbocycles. The van der Waals surface area contributed by atoms with Crippen LogP contribution in [0.1, 0.15) is 0 Å². The molecule has 88 valence electrons. The molecule has 0 aliphatic carbocycles. The summed E-state index contributed by atoms with van der Waals surface area (Å²) in [6.07, 6.45) is -0.888. The molecule has 0 aliphatic rings. The number of benzene rings is 1. The van der Waals surface area contributed by atoms with Gasteiger partial charge < -0.3 is 4.74 Å². The topological polar surface area (TPSA) is 84.5 Å². The third-order valence-corrected chi connectivity index (χ3v) is 3.39. The number of ether oxygens (including phenoxy) is 1. The number of sulfonamides is 1. The molecule has 0 saturated heterocycles. The minimum atomic E-state index is -3.76. The summed E-state index contributed by atoms with van der Waals surface area (Å²) >= 11 is 3.18. The molecule has 0 fully saturated rings. The molecule has 0 atom stereocenters. The first-order valence-corrected chi connectivity index (χ1v) is 6.34. The van der Waals surface area contributed by atoms with E-state index in [9.17, 15) is 13.2 Å². The van der Waals surface area contributed by atoms with E-state index in [1.54, 1.807) is 12.1 Å². The first-order valence-electron chi connectivity index (χ1n) is 4.07. The predicted molar refractivity (Wildman–Crippen MR) is 60.0 cm³/mol. The average Bonchev–Trinajstić information content (AvgIpc) is 2.26. The van der Waals surface area contributed by atoms with Gasteiger partial charge in [0.05, 0.1) is 12.0 Å². The van der Waals surface area contributed by atoms with Gasteiger partial charge in [-0.25, -0.2) is 18.6 Å². The first-order chi connectivity index (χ1) is 7.45. The van der Waals surface area contributed by atoms with Gasteiger partial charge in [-0.1, -0.05) is 15.9 Å². The van der Waals surface area contributed by atoms with Crippen molar-refractivity contribution in [1.29, 1.82) is 0 Å². The van der Waals surface area contributed by atoms with Crippen LogP contribution in [0.5, 0.6) is 0 Å². The van der Waals surface area contributed by atoms with E-state index in [2.05, 4.69) is 20.7 Å². The van der Waals surface area contributed by atoms with E-state index in [0.29, 0.717) is 0 Å². The molecule has 1 aromatic rings. The Balaban J connectivity index is 2.78. The van der Waals surface area contributed by atoms with Crippen molar-refractivity contribution in [2.24, 2.45) is 0 Å². The Morgan fingerprint density at radius 2 is 1.88 bits per heavy atom. The number of carbonyl (C=O) groups excluding carboxylic acids is 1. The lowest BCUT2D eigenvalue weighted by molar-refractivity contribution is 0.169. The maximum atomic E-state index is 11.6. The standard InChI is InChI=1S/C8H9BrN2O4S/c1-15-8(12)10-11-16(13,14)7-4-2-6(9)3-5-7/h2-5,11H,1H3,(H,10,12). The van der Waals surface area contributed by atoms with Gasteiger partial charge in [-0.2, -0.15) is 0 Å².